The van der Waals surface area contributed by atoms with E-state index in [9.17, 15) is 9.59 Å². The maximum Gasteiger partial charge on any atom is 0.350 e. The number of ether oxygens (including phenoxy) is 2. The van der Waals surface area contributed by atoms with Crippen LogP contribution in [0.1, 0.15) is 42.5 Å². The molecule has 23 heavy (non-hydrogen) atoms. The first-order valence-corrected chi connectivity index (χ1v) is 8.57. The predicted molar refractivity (Wildman–Crippen MR) is 87.7 cm³/mol. The molecule has 2 aliphatic rings. The molecule has 1 unspecified atom stereocenters. The van der Waals surface area contributed by atoms with Gasteiger partial charge in [0.1, 0.15) is 10.2 Å². The summed E-state index contributed by atoms with van der Waals surface area (Å²) in [4.78, 5) is 24.0. The molecule has 3 rings (SSSR count). The van der Waals surface area contributed by atoms with Crippen molar-refractivity contribution in [2.75, 3.05) is 0 Å². The zero-order chi connectivity index (χ0) is 16.2. The Hall–Kier alpha value is -1.82. The fourth-order valence-corrected chi connectivity index (χ4v) is 3.24. The van der Waals surface area contributed by atoms with Crippen LogP contribution in [0.15, 0.2) is 40.5 Å². The maximum atomic E-state index is 12.2. The molecule has 1 aromatic rings. The lowest BCUT2D eigenvalue weighted by molar-refractivity contribution is -0.152. The molecule has 0 aromatic heterocycles. The number of hydrogen-bond donors (Lipinski definition) is 1. The van der Waals surface area contributed by atoms with Gasteiger partial charge in [-0.3, -0.25) is 0 Å². The second-order valence-electron chi connectivity index (χ2n) is 5.72. The van der Waals surface area contributed by atoms with E-state index >= 15 is 0 Å². The minimum absolute atomic E-state index is 0.277. The molecule has 1 N–H and O–H groups in total. The maximum absolute atomic E-state index is 12.2. The lowest BCUT2D eigenvalue weighted by atomic mass is 9.95. The van der Waals surface area contributed by atoms with Gasteiger partial charge in [0.05, 0.1) is 5.56 Å². The summed E-state index contributed by atoms with van der Waals surface area (Å²) in [5, 5.41) is 3.31. The molecule has 6 heteroatoms. The van der Waals surface area contributed by atoms with Gasteiger partial charge in [0, 0.05) is 6.04 Å². The molecule has 1 fully saturated rings. The Labute approximate surface area is 143 Å². The van der Waals surface area contributed by atoms with Crippen LogP contribution in [0.5, 0.6) is 0 Å². The van der Waals surface area contributed by atoms with E-state index in [0.29, 0.717) is 15.7 Å². The number of nitrogens with one attached hydrogen (secondary N) is 1. The highest BCUT2D eigenvalue weighted by atomic mass is 79.9. The molecule has 1 atom stereocenters. The van der Waals surface area contributed by atoms with Gasteiger partial charge >= 0.3 is 11.9 Å². The molecule has 1 saturated carbocycles. The van der Waals surface area contributed by atoms with Crippen LogP contribution < -0.4 is 5.32 Å². The van der Waals surface area contributed by atoms with Crippen molar-refractivity contribution in [2.45, 2.75) is 44.4 Å². The van der Waals surface area contributed by atoms with Crippen LogP contribution in [-0.4, -0.2) is 24.3 Å². The van der Waals surface area contributed by atoms with Gasteiger partial charge in [-0.2, -0.15) is 0 Å². The normalized spacial score (nSPS) is 22.0. The fourth-order valence-electron chi connectivity index (χ4n) is 2.84. The van der Waals surface area contributed by atoms with Crippen LogP contribution in [0.2, 0.25) is 0 Å². The standard InChI is InChI=1S/C17H18BrNO4/c18-13-14(19-12-9-5-2-6-10-12)17(23-16(13)21)22-15(20)11-7-3-1-4-8-11/h1,3-4,7-8,12,17,19H,2,5-6,9-10H2. The fraction of sp³-hybridized carbons (Fsp3) is 0.412. The number of carbonyl (C=O) groups excluding carboxylic acids is 2. The van der Waals surface area contributed by atoms with Gasteiger partial charge in [-0.05, 0) is 40.9 Å². The summed E-state index contributed by atoms with van der Waals surface area (Å²) >= 11 is 3.23. The van der Waals surface area contributed by atoms with Crippen molar-refractivity contribution in [3.8, 4) is 0 Å². The number of esters is 2. The molecule has 1 aliphatic carbocycles. The molecule has 122 valence electrons. The summed E-state index contributed by atoms with van der Waals surface area (Å²) in [6.07, 6.45) is 4.61. The van der Waals surface area contributed by atoms with Crippen molar-refractivity contribution in [2.24, 2.45) is 0 Å². The second-order valence-corrected chi connectivity index (χ2v) is 6.51. The van der Waals surface area contributed by atoms with Gasteiger partial charge in [0.25, 0.3) is 6.29 Å². The summed E-state index contributed by atoms with van der Waals surface area (Å²) in [5.74, 6) is -1.04. The summed E-state index contributed by atoms with van der Waals surface area (Å²) in [6.45, 7) is 0. The van der Waals surface area contributed by atoms with Crippen molar-refractivity contribution in [1.82, 2.24) is 5.32 Å². The molecule has 0 amide bonds. The Balaban J connectivity index is 1.70. The molecule has 1 aliphatic heterocycles. The minimum Gasteiger partial charge on any atom is -0.415 e. The average molecular weight is 380 g/mol. The molecule has 0 bridgehead atoms. The summed E-state index contributed by atoms with van der Waals surface area (Å²) in [5.41, 5.74) is 0.926. The molecule has 5 nitrogen and oxygen atoms in total. The molecular formula is C17H18BrNO4. The largest absolute Gasteiger partial charge is 0.415 e. The Morgan fingerprint density at radius 3 is 2.57 bits per heavy atom. The lowest BCUT2D eigenvalue weighted by Gasteiger charge is -2.26. The Kier molecular flexibility index (Phi) is 5.00. The lowest BCUT2D eigenvalue weighted by Crippen LogP contribution is -2.36. The summed E-state index contributed by atoms with van der Waals surface area (Å²) < 4.78 is 10.8. The quantitative estimate of drug-likeness (QED) is 0.813. The molecule has 1 aromatic carbocycles. The number of halogens is 1. The Bertz CT molecular complexity index is 623. The number of rotatable bonds is 4. The van der Waals surface area contributed by atoms with Gasteiger partial charge in [-0.15, -0.1) is 0 Å². The first-order valence-electron chi connectivity index (χ1n) is 7.78. The van der Waals surface area contributed by atoms with E-state index in [1.807, 2.05) is 6.07 Å². The Morgan fingerprint density at radius 2 is 1.87 bits per heavy atom. The minimum atomic E-state index is -1.02. The molecule has 1 heterocycles. The number of carbonyl (C=O) groups is 2. The van der Waals surface area contributed by atoms with Crippen molar-refractivity contribution >= 4 is 27.9 Å². The van der Waals surface area contributed by atoms with Crippen LogP contribution in [0, 0.1) is 0 Å². The van der Waals surface area contributed by atoms with Gasteiger partial charge in [-0.25, -0.2) is 9.59 Å². The van der Waals surface area contributed by atoms with E-state index in [4.69, 9.17) is 9.47 Å². The van der Waals surface area contributed by atoms with Gasteiger partial charge in [0.2, 0.25) is 0 Å². The van der Waals surface area contributed by atoms with Crippen LogP contribution in [-0.2, 0) is 14.3 Å². The number of hydrogen-bond acceptors (Lipinski definition) is 5. The van der Waals surface area contributed by atoms with E-state index in [1.165, 1.54) is 6.42 Å². The van der Waals surface area contributed by atoms with Gasteiger partial charge in [0.15, 0.2) is 0 Å². The van der Waals surface area contributed by atoms with Crippen molar-refractivity contribution in [3.63, 3.8) is 0 Å². The van der Waals surface area contributed by atoms with E-state index in [1.54, 1.807) is 24.3 Å². The zero-order valence-electron chi connectivity index (χ0n) is 12.6. The van der Waals surface area contributed by atoms with E-state index < -0.39 is 18.2 Å². The first-order chi connectivity index (χ1) is 11.1. The van der Waals surface area contributed by atoms with Crippen LogP contribution in [0.25, 0.3) is 0 Å². The van der Waals surface area contributed by atoms with E-state index in [-0.39, 0.29) is 6.04 Å². The number of benzene rings is 1. The third-order valence-electron chi connectivity index (χ3n) is 4.05. The monoisotopic (exact) mass is 379 g/mol. The molecular weight excluding hydrogens is 362 g/mol. The predicted octanol–water partition coefficient (Wildman–Crippen LogP) is 3.26. The smallest absolute Gasteiger partial charge is 0.350 e. The second kappa shape index (κ2) is 7.17. The molecule has 0 spiro atoms. The molecule has 0 saturated heterocycles. The topological polar surface area (TPSA) is 64.6 Å². The van der Waals surface area contributed by atoms with E-state index in [0.717, 1.165) is 25.7 Å². The van der Waals surface area contributed by atoms with Gasteiger partial charge in [-0.1, -0.05) is 37.5 Å². The first kappa shape index (κ1) is 16.1. The van der Waals surface area contributed by atoms with Crippen molar-refractivity contribution < 1.29 is 19.1 Å². The van der Waals surface area contributed by atoms with Crippen LogP contribution >= 0.6 is 15.9 Å². The summed E-state index contributed by atoms with van der Waals surface area (Å²) in [6, 6.07) is 8.92. The van der Waals surface area contributed by atoms with Crippen molar-refractivity contribution in [1.29, 1.82) is 0 Å². The number of cyclic esters (lactones) is 1. The highest BCUT2D eigenvalue weighted by molar-refractivity contribution is 9.12. The van der Waals surface area contributed by atoms with Crippen LogP contribution in [0.3, 0.4) is 0 Å². The average Bonchev–Trinajstić information content (AvgIpc) is 2.84. The zero-order valence-corrected chi connectivity index (χ0v) is 14.2. The van der Waals surface area contributed by atoms with E-state index in [2.05, 4.69) is 21.2 Å². The molecule has 0 radical (unpaired) electrons. The van der Waals surface area contributed by atoms with Crippen LogP contribution in [0.4, 0.5) is 0 Å². The SMILES string of the molecule is O=C1OC(OC(=O)c2ccccc2)C(NC2CCCCC2)=C1Br. The third-order valence-corrected chi connectivity index (χ3v) is 4.80. The third kappa shape index (κ3) is 3.75. The highest BCUT2D eigenvalue weighted by Crippen LogP contribution is 2.29. The van der Waals surface area contributed by atoms with Gasteiger partial charge < -0.3 is 14.8 Å². The summed E-state index contributed by atoms with van der Waals surface area (Å²) in [7, 11) is 0. The highest BCUT2D eigenvalue weighted by Gasteiger charge is 2.37. The van der Waals surface area contributed by atoms with Crippen molar-refractivity contribution in [3.05, 3.63) is 46.1 Å². The Morgan fingerprint density at radius 1 is 1.17 bits per heavy atom.